The van der Waals surface area contributed by atoms with Crippen LogP contribution in [0.2, 0.25) is 10.0 Å². The standard InChI is InChI=1S/C18H14Cl2N4OS/c1-9-15(12-5-3-4-6-14(12)21-9)16(25)10(2)26-18-23-22-17-13(20)7-11(19)8-24(17)18/h3-8,10,21H,1-2H3/t10-/m0/s1. The minimum Gasteiger partial charge on any atom is -0.358 e. The number of hydrogen-bond donors (Lipinski definition) is 1. The van der Waals surface area contributed by atoms with Gasteiger partial charge in [0.15, 0.2) is 16.6 Å². The number of H-pyrrole nitrogens is 1. The first-order chi connectivity index (χ1) is 12.5. The Morgan fingerprint density at radius 1 is 1.27 bits per heavy atom. The second kappa shape index (κ2) is 6.61. The lowest BCUT2D eigenvalue weighted by Crippen LogP contribution is -2.15. The van der Waals surface area contributed by atoms with E-state index in [4.69, 9.17) is 23.2 Å². The van der Waals surface area contributed by atoms with Gasteiger partial charge in [-0.1, -0.05) is 53.2 Å². The van der Waals surface area contributed by atoms with Crippen molar-refractivity contribution in [3.05, 3.63) is 57.8 Å². The van der Waals surface area contributed by atoms with Crippen LogP contribution in [0.25, 0.3) is 16.6 Å². The van der Waals surface area contributed by atoms with Gasteiger partial charge in [0, 0.05) is 28.4 Å². The van der Waals surface area contributed by atoms with Gasteiger partial charge in [-0.05, 0) is 26.0 Å². The fourth-order valence-electron chi connectivity index (χ4n) is 2.99. The van der Waals surface area contributed by atoms with Crippen molar-refractivity contribution < 1.29 is 4.79 Å². The van der Waals surface area contributed by atoms with Crippen LogP contribution >= 0.6 is 35.0 Å². The number of aromatic nitrogens is 4. The van der Waals surface area contributed by atoms with Crippen LogP contribution in [0.5, 0.6) is 0 Å². The molecular weight excluding hydrogens is 391 g/mol. The highest BCUT2D eigenvalue weighted by Gasteiger charge is 2.24. The van der Waals surface area contributed by atoms with Gasteiger partial charge >= 0.3 is 0 Å². The van der Waals surface area contributed by atoms with Crippen molar-refractivity contribution in [2.75, 3.05) is 0 Å². The maximum absolute atomic E-state index is 13.1. The number of aromatic amines is 1. The summed E-state index contributed by atoms with van der Waals surface area (Å²) in [6.45, 7) is 3.78. The van der Waals surface area contributed by atoms with E-state index in [0.717, 1.165) is 16.6 Å². The average molecular weight is 405 g/mol. The van der Waals surface area contributed by atoms with E-state index in [1.807, 2.05) is 38.1 Å². The Hall–Kier alpha value is -2.02. The van der Waals surface area contributed by atoms with Crippen molar-refractivity contribution in [2.24, 2.45) is 0 Å². The summed E-state index contributed by atoms with van der Waals surface area (Å²) in [5, 5.41) is 10.3. The molecule has 3 heterocycles. The number of thioether (sulfide) groups is 1. The van der Waals surface area contributed by atoms with Crippen molar-refractivity contribution in [1.82, 2.24) is 19.6 Å². The third-order valence-corrected chi connectivity index (χ3v) is 5.73. The number of benzene rings is 1. The van der Waals surface area contributed by atoms with E-state index in [1.54, 1.807) is 16.7 Å². The molecule has 26 heavy (non-hydrogen) atoms. The number of carbonyl (C=O) groups is 1. The number of halogens is 2. The van der Waals surface area contributed by atoms with Crippen molar-refractivity contribution in [3.63, 3.8) is 0 Å². The number of fused-ring (bicyclic) bond motifs is 2. The van der Waals surface area contributed by atoms with Crippen molar-refractivity contribution in [3.8, 4) is 0 Å². The highest BCUT2D eigenvalue weighted by atomic mass is 35.5. The number of ketones is 1. The van der Waals surface area contributed by atoms with Gasteiger partial charge in [0.2, 0.25) is 0 Å². The number of para-hydroxylation sites is 1. The summed E-state index contributed by atoms with van der Waals surface area (Å²) in [6, 6.07) is 9.41. The van der Waals surface area contributed by atoms with Gasteiger partial charge in [0.05, 0.1) is 15.3 Å². The Labute approximate surface area is 163 Å². The first kappa shape index (κ1) is 17.4. The van der Waals surface area contributed by atoms with Crippen LogP contribution in [0, 0.1) is 6.92 Å². The molecule has 0 saturated heterocycles. The summed E-state index contributed by atoms with van der Waals surface area (Å²) in [6.07, 6.45) is 1.69. The second-order valence-corrected chi connectivity index (χ2v) is 8.13. The molecule has 0 saturated carbocycles. The lowest BCUT2D eigenvalue weighted by atomic mass is 10.1. The van der Waals surface area contributed by atoms with Crippen molar-refractivity contribution in [2.45, 2.75) is 24.3 Å². The van der Waals surface area contributed by atoms with E-state index in [0.29, 0.717) is 26.4 Å². The summed E-state index contributed by atoms with van der Waals surface area (Å²) in [7, 11) is 0. The molecule has 0 radical (unpaired) electrons. The number of Topliss-reactive ketones (excluding diaryl/α,β-unsaturated/α-hetero) is 1. The van der Waals surface area contributed by atoms with Crippen LogP contribution in [0.15, 0.2) is 41.7 Å². The summed E-state index contributed by atoms with van der Waals surface area (Å²) in [5.41, 5.74) is 3.05. The molecule has 1 atom stereocenters. The average Bonchev–Trinajstić information content (AvgIpc) is 3.14. The molecule has 4 aromatic rings. The predicted octanol–water partition coefficient (Wildman–Crippen LogP) is 5.19. The summed E-state index contributed by atoms with van der Waals surface area (Å²) in [5.74, 6) is 0.0369. The van der Waals surface area contributed by atoms with Crippen LogP contribution in [0.1, 0.15) is 23.0 Å². The van der Waals surface area contributed by atoms with E-state index in [2.05, 4.69) is 15.2 Å². The van der Waals surface area contributed by atoms with Crippen LogP contribution < -0.4 is 0 Å². The maximum atomic E-state index is 13.1. The maximum Gasteiger partial charge on any atom is 0.196 e. The number of nitrogens with one attached hydrogen (secondary N) is 1. The Balaban J connectivity index is 1.69. The fraction of sp³-hybridized carbons (Fsp3) is 0.167. The van der Waals surface area contributed by atoms with Gasteiger partial charge in [-0.25, -0.2) is 0 Å². The van der Waals surface area contributed by atoms with E-state index in [1.165, 1.54) is 11.8 Å². The summed E-state index contributed by atoms with van der Waals surface area (Å²) < 4.78 is 1.71. The first-order valence-corrected chi connectivity index (χ1v) is 9.57. The quantitative estimate of drug-likeness (QED) is 0.375. The lowest BCUT2D eigenvalue weighted by molar-refractivity contribution is 0.0995. The van der Waals surface area contributed by atoms with E-state index >= 15 is 0 Å². The summed E-state index contributed by atoms with van der Waals surface area (Å²) in [4.78, 5) is 16.4. The molecule has 0 amide bonds. The monoisotopic (exact) mass is 404 g/mol. The zero-order valence-corrected chi connectivity index (χ0v) is 16.3. The van der Waals surface area contributed by atoms with Crippen molar-refractivity contribution >= 4 is 57.3 Å². The molecule has 0 aliphatic rings. The zero-order chi connectivity index (χ0) is 18.4. The van der Waals surface area contributed by atoms with E-state index < -0.39 is 0 Å². The molecule has 5 nitrogen and oxygen atoms in total. The minimum atomic E-state index is -0.349. The Morgan fingerprint density at radius 3 is 2.85 bits per heavy atom. The second-order valence-electron chi connectivity index (χ2n) is 5.98. The van der Waals surface area contributed by atoms with E-state index in [-0.39, 0.29) is 11.0 Å². The number of nitrogens with zero attached hydrogens (tertiary/aromatic N) is 3. The molecule has 8 heteroatoms. The van der Waals surface area contributed by atoms with Crippen LogP contribution in [0.3, 0.4) is 0 Å². The molecule has 3 aromatic heterocycles. The third-order valence-electron chi connectivity index (χ3n) is 4.19. The molecule has 4 rings (SSSR count). The molecule has 0 unspecified atom stereocenters. The molecule has 0 aliphatic heterocycles. The predicted molar refractivity (Wildman–Crippen MR) is 106 cm³/mol. The number of carbonyl (C=O) groups excluding carboxylic acids is 1. The topological polar surface area (TPSA) is 63.0 Å². The van der Waals surface area contributed by atoms with Crippen LogP contribution in [0.4, 0.5) is 0 Å². The zero-order valence-electron chi connectivity index (χ0n) is 14.0. The molecule has 0 fully saturated rings. The van der Waals surface area contributed by atoms with E-state index in [9.17, 15) is 4.79 Å². The number of aryl methyl sites for hydroxylation is 1. The smallest absolute Gasteiger partial charge is 0.196 e. The Morgan fingerprint density at radius 2 is 2.04 bits per heavy atom. The normalized spacial score (nSPS) is 12.8. The molecular formula is C18H14Cl2N4OS. The Bertz CT molecular complexity index is 1150. The summed E-state index contributed by atoms with van der Waals surface area (Å²) >= 11 is 13.6. The lowest BCUT2D eigenvalue weighted by Gasteiger charge is -2.09. The fourth-order valence-corrected chi connectivity index (χ4v) is 4.38. The minimum absolute atomic E-state index is 0.0369. The van der Waals surface area contributed by atoms with Gasteiger partial charge in [-0.15, -0.1) is 10.2 Å². The molecule has 0 spiro atoms. The molecule has 1 N–H and O–H groups in total. The van der Waals surface area contributed by atoms with Crippen molar-refractivity contribution in [1.29, 1.82) is 0 Å². The van der Waals surface area contributed by atoms with Gasteiger partial charge in [0.25, 0.3) is 0 Å². The largest absolute Gasteiger partial charge is 0.358 e. The number of hydrogen-bond acceptors (Lipinski definition) is 4. The van der Waals surface area contributed by atoms with Crippen LogP contribution in [-0.2, 0) is 0 Å². The Kier molecular flexibility index (Phi) is 4.42. The SMILES string of the molecule is Cc1[nH]c2ccccc2c1C(=O)[C@H](C)Sc1nnc2c(Cl)cc(Cl)cn12. The van der Waals surface area contributed by atoms with Gasteiger partial charge < -0.3 is 4.98 Å². The van der Waals surface area contributed by atoms with Crippen LogP contribution in [-0.4, -0.2) is 30.6 Å². The molecule has 1 aromatic carbocycles. The molecule has 132 valence electrons. The highest BCUT2D eigenvalue weighted by molar-refractivity contribution is 8.00. The third kappa shape index (κ3) is 2.88. The first-order valence-electron chi connectivity index (χ1n) is 7.93. The molecule has 0 aliphatic carbocycles. The number of rotatable bonds is 4. The van der Waals surface area contributed by atoms with Gasteiger partial charge in [-0.2, -0.15) is 0 Å². The van der Waals surface area contributed by atoms with Gasteiger partial charge in [0.1, 0.15) is 0 Å². The molecule has 0 bridgehead atoms. The number of pyridine rings is 1. The van der Waals surface area contributed by atoms with Gasteiger partial charge in [-0.3, -0.25) is 9.20 Å². The highest BCUT2D eigenvalue weighted by Crippen LogP contribution is 2.31.